The number of nitrogens with zero attached hydrogens (tertiary/aromatic N) is 1. The normalized spacial score (nSPS) is 12.8. The molecule has 0 aliphatic rings. The number of carbonyl (C=O) groups excluding carboxylic acids is 2. The Morgan fingerprint density at radius 3 is 2.38 bits per heavy atom. The van der Waals surface area contributed by atoms with Gasteiger partial charge < -0.3 is 15.4 Å². The van der Waals surface area contributed by atoms with E-state index < -0.39 is 11.4 Å². The van der Waals surface area contributed by atoms with Crippen molar-refractivity contribution in [2.24, 2.45) is 0 Å². The maximum absolute atomic E-state index is 13.2. The van der Waals surface area contributed by atoms with Gasteiger partial charge in [0.1, 0.15) is 11.2 Å². The summed E-state index contributed by atoms with van der Waals surface area (Å²) in [6, 6.07) is 5.79. The lowest BCUT2D eigenvalue weighted by Gasteiger charge is -2.32. The lowest BCUT2D eigenvalue weighted by atomic mass is 9.82. The number of ether oxygens (including phenoxy) is 1. The molecular formula is C18H29ClFN3O3. The highest BCUT2D eigenvalue weighted by atomic mass is 35.5. The van der Waals surface area contributed by atoms with Crippen molar-refractivity contribution in [3.63, 3.8) is 0 Å². The predicted molar refractivity (Wildman–Crippen MR) is 102 cm³/mol. The Morgan fingerprint density at radius 2 is 1.85 bits per heavy atom. The van der Waals surface area contributed by atoms with Gasteiger partial charge in [0.2, 0.25) is 5.91 Å². The summed E-state index contributed by atoms with van der Waals surface area (Å²) in [4.78, 5) is 26.2. The Bertz CT molecular complexity index is 571. The van der Waals surface area contributed by atoms with E-state index in [1.165, 1.54) is 12.1 Å². The summed E-state index contributed by atoms with van der Waals surface area (Å²) in [5.74, 6) is -0.890. The van der Waals surface area contributed by atoms with Crippen LogP contribution in [0.3, 0.4) is 0 Å². The Hall–Kier alpha value is -1.70. The van der Waals surface area contributed by atoms with Crippen molar-refractivity contribution >= 4 is 24.3 Å². The second-order valence-corrected chi connectivity index (χ2v) is 6.19. The van der Waals surface area contributed by atoms with Crippen molar-refractivity contribution < 1.29 is 18.7 Å². The number of hydrogen-bond acceptors (Lipinski definition) is 5. The summed E-state index contributed by atoms with van der Waals surface area (Å²) in [7, 11) is 3.57. The van der Waals surface area contributed by atoms with Crippen LogP contribution in [0.15, 0.2) is 24.3 Å². The van der Waals surface area contributed by atoms with Gasteiger partial charge >= 0.3 is 5.97 Å². The minimum absolute atomic E-state index is 0. The molecular weight excluding hydrogens is 361 g/mol. The van der Waals surface area contributed by atoms with E-state index in [2.05, 4.69) is 10.6 Å². The van der Waals surface area contributed by atoms with Crippen LogP contribution in [-0.2, 0) is 19.7 Å². The molecule has 1 rings (SSSR count). The molecule has 1 aromatic rings. The molecule has 6 nitrogen and oxygen atoms in total. The fourth-order valence-electron chi connectivity index (χ4n) is 2.61. The molecule has 0 saturated heterocycles. The topological polar surface area (TPSA) is 70.7 Å². The Labute approximate surface area is 160 Å². The zero-order chi connectivity index (χ0) is 18.9. The first-order chi connectivity index (χ1) is 11.8. The van der Waals surface area contributed by atoms with E-state index in [0.29, 0.717) is 18.7 Å². The number of esters is 1. The summed E-state index contributed by atoms with van der Waals surface area (Å²) in [5.41, 5.74) is -0.348. The molecule has 2 N–H and O–H groups in total. The van der Waals surface area contributed by atoms with Gasteiger partial charge in [-0.15, -0.1) is 12.4 Å². The van der Waals surface area contributed by atoms with Crippen LogP contribution in [0.1, 0.15) is 19.4 Å². The summed E-state index contributed by atoms with van der Waals surface area (Å²) in [6.07, 6.45) is 0. The van der Waals surface area contributed by atoms with Crippen LogP contribution >= 0.6 is 12.4 Å². The molecule has 148 valence electrons. The Balaban J connectivity index is 0.00000625. The highest BCUT2D eigenvalue weighted by molar-refractivity contribution is 5.85. The standard InChI is InChI=1S/C18H28FN3O3.ClH/c1-5-25-17(24)18(2,14-6-8-15(19)9-7-14)13-22(4)12-16(23)21-11-10-20-3;/h6-9,20H,5,10-13H2,1-4H3,(H,21,23);1H. The van der Waals surface area contributed by atoms with Crippen LogP contribution in [-0.4, -0.2) is 63.7 Å². The van der Waals surface area contributed by atoms with Crippen molar-refractivity contribution in [1.82, 2.24) is 15.5 Å². The maximum atomic E-state index is 13.2. The zero-order valence-electron chi connectivity index (χ0n) is 15.8. The Morgan fingerprint density at radius 1 is 1.23 bits per heavy atom. The van der Waals surface area contributed by atoms with E-state index in [1.807, 2.05) is 7.05 Å². The van der Waals surface area contributed by atoms with Crippen LogP contribution in [0.2, 0.25) is 0 Å². The molecule has 1 unspecified atom stereocenters. The summed E-state index contributed by atoms with van der Waals surface area (Å²) >= 11 is 0. The van der Waals surface area contributed by atoms with Crippen molar-refractivity contribution in [3.8, 4) is 0 Å². The number of benzene rings is 1. The SMILES string of the molecule is CCOC(=O)C(C)(CN(C)CC(=O)NCCNC)c1ccc(F)cc1.Cl. The average molecular weight is 390 g/mol. The third-order valence-electron chi connectivity index (χ3n) is 3.90. The molecule has 0 aromatic heterocycles. The number of hydrogen-bond donors (Lipinski definition) is 2. The number of nitrogens with one attached hydrogen (secondary N) is 2. The largest absolute Gasteiger partial charge is 0.465 e. The summed E-state index contributed by atoms with van der Waals surface area (Å²) in [5, 5.41) is 5.74. The van der Waals surface area contributed by atoms with E-state index in [9.17, 15) is 14.0 Å². The van der Waals surface area contributed by atoms with E-state index >= 15 is 0 Å². The van der Waals surface area contributed by atoms with Crippen LogP contribution in [0.25, 0.3) is 0 Å². The lowest BCUT2D eigenvalue weighted by molar-refractivity contribution is -0.150. The highest BCUT2D eigenvalue weighted by Gasteiger charge is 2.38. The Kier molecular flexibility index (Phi) is 11.1. The third kappa shape index (κ3) is 7.27. The van der Waals surface area contributed by atoms with Gasteiger partial charge in [-0.3, -0.25) is 14.5 Å². The van der Waals surface area contributed by atoms with Crippen LogP contribution in [0.4, 0.5) is 4.39 Å². The average Bonchev–Trinajstić information content (AvgIpc) is 2.55. The molecule has 0 saturated carbocycles. The summed E-state index contributed by atoms with van der Waals surface area (Å²) in [6.45, 7) is 5.39. The molecule has 0 radical (unpaired) electrons. The third-order valence-corrected chi connectivity index (χ3v) is 3.90. The number of rotatable bonds is 10. The van der Waals surface area contributed by atoms with Crippen LogP contribution < -0.4 is 10.6 Å². The number of amides is 1. The summed E-state index contributed by atoms with van der Waals surface area (Å²) < 4.78 is 18.4. The van der Waals surface area contributed by atoms with Gasteiger partial charge in [0.25, 0.3) is 0 Å². The molecule has 1 atom stereocenters. The zero-order valence-corrected chi connectivity index (χ0v) is 16.6. The first kappa shape index (κ1) is 24.3. The molecule has 26 heavy (non-hydrogen) atoms. The number of carbonyl (C=O) groups is 2. The molecule has 0 aliphatic carbocycles. The van der Waals surface area contributed by atoms with E-state index in [-0.39, 0.29) is 43.8 Å². The van der Waals surface area contributed by atoms with E-state index in [0.717, 1.165) is 0 Å². The number of halogens is 2. The smallest absolute Gasteiger partial charge is 0.317 e. The van der Waals surface area contributed by atoms with E-state index in [4.69, 9.17) is 4.74 Å². The first-order valence-corrected chi connectivity index (χ1v) is 8.36. The molecule has 1 aromatic carbocycles. The first-order valence-electron chi connectivity index (χ1n) is 8.36. The van der Waals surface area contributed by atoms with Gasteiger partial charge in [0.05, 0.1) is 13.2 Å². The van der Waals surface area contributed by atoms with Crippen molar-refractivity contribution in [2.45, 2.75) is 19.3 Å². The van der Waals surface area contributed by atoms with Crippen LogP contribution in [0.5, 0.6) is 0 Å². The van der Waals surface area contributed by atoms with E-state index in [1.54, 1.807) is 37.9 Å². The number of likely N-dealkylation sites (N-methyl/N-ethyl adjacent to an activating group) is 2. The van der Waals surface area contributed by atoms with Gasteiger partial charge in [0.15, 0.2) is 0 Å². The molecule has 1 amide bonds. The van der Waals surface area contributed by atoms with Gasteiger partial charge in [-0.05, 0) is 45.6 Å². The van der Waals surface area contributed by atoms with Gasteiger partial charge in [0, 0.05) is 19.6 Å². The van der Waals surface area contributed by atoms with Gasteiger partial charge in [-0.2, -0.15) is 0 Å². The van der Waals surface area contributed by atoms with Crippen molar-refractivity contribution in [1.29, 1.82) is 0 Å². The second-order valence-electron chi connectivity index (χ2n) is 6.19. The van der Waals surface area contributed by atoms with Gasteiger partial charge in [-0.25, -0.2) is 4.39 Å². The van der Waals surface area contributed by atoms with Crippen LogP contribution in [0, 0.1) is 5.82 Å². The fraction of sp³-hybridized carbons (Fsp3) is 0.556. The fourth-order valence-corrected chi connectivity index (χ4v) is 2.61. The van der Waals surface area contributed by atoms with Crippen molar-refractivity contribution in [3.05, 3.63) is 35.6 Å². The lowest BCUT2D eigenvalue weighted by Crippen LogP contribution is -2.47. The molecule has 0 heterocycles. The van der Waals surface area contributed by atoms with Gasteiger partial charge in [-0.1, -0.05) is 12.1 Å². The second kappa shape index (κ2) is 11.8. The molecule has 0 spiro atoms. The predicted octanol–water partition coefficient (Wildman–Crippen LogP) is 1.34. The highest BCUT2D eigenvalue weighted by Crippen LogP contribution is 2.27. The quantitative estimate of drug-likeness (QED) is 0.466. The maximum Gasteiger partial charge on any atom is 0.317 e. The molecule has 8 heteroatoms. The molecule has 0 bridgehead atoms. The minimum atomic E-state index is -0.996. The molecule has 0 fully saturated rings. The molecule has 0 aliphatic heterocycles. The van der Waals surface area contributed by atoms with Crippen molar-refractivity contribution in [2.75, 3.05) is 46.9 Å². The minimum Gasteiger partial charge on any atom is -0.465 e. The monoisotopic (exact) mass is 389 g/mol.